The van der Waals surface area contributed by atoms with E-state index in [1.54, 1.807) is 29.3 Å². The zero-order chi connectivity index (χ0) is 22.1. The Bertz CT molecular complexity index is 1280. The van der Waals surface area contributed by atoms with Gasteiger partial charge in [0.25, 0.3) is 11.5 Å². The molecule has 9 heteroatoms. The van der Waals surface area contributed by atoms with Crippen molar-refractivity contribution < 1.29 is 9.53 Å². The Kier molecular flexibility index (Phi) is 6.14. The molecular formula is C23H19N3O3S3. The van der Waals surface area contributed by atoms with Crippen molar-refractivity contribution in [1.82, 2.24) is 14.3 Å². The summed E-state index contributed by atoms with van der Waals surface area (Å²) in [5, 5.41) is 0.553. The second kappa shape index (κ2) is 9.19. The highest BCUT2D eigenvalue weighted by Gasteiger charge is 2.35. The highest BCUT2D eigenvalue weighted by Crippen LogP contribution is 2.35. The Morgan fingerprint density at radius 2 is 2.00 bits per heavy atom. The van der Waals surface area contributed by atoms with Crippen molar-refractivity contribution in [3.05, 3.63) is 75.6 Å². The second-order valence-electron chi connectivity index (χ2n) is 7.41. The smallest absolute Gasteiger partial charge is 0.266 e. The SMILES string of the molecule is O=C1/C(=C/c2c(Sc3ccccc3)nc3ccccn3c2=O)SC(=S)N1C[C@@H]1CCCO1. The summed E-state index contributed by atoms with van der Waals surface area (Å²) in [6, 6.07) is 15.2. The summed E-state index contributed by atoms with van der Waals surface area (Å²) in [4.78, 5) is 34.1. The van der Waals surface area contributed by atoms with Gasteiger partial charge in [-0.05, 0) is 43.2 Å². The number of nitrogens with zero attached hydrogens (tertiary/aromatic N) is 3. The molecule has 0 unspecified atom stereocenters. The average Bonchev–Trinajstić information content (AvgIpc) is 3.41. The predicted octanol–water partition coefficient (Wildman–Crippen LogP) is 4.23. The molecule has 2 saturated heterocycles. The first-order valence-electron chi connectivity index (χ1n) is 10.2. The summed E-state index contributed by atoms with van der Waals surface area (Å²) >= 11 is 8.08. The van der Waals surface area contributed by atoms with Gasteiger partial charge in [0.05, 0.1) is 23.1 Å². The van der Waals surface area contributed by atoms with E-state index in [-0.39, 0.29) is 17.6 Å². The minimum atomic E-state index is -0.224. The van der Waals surface area contributed by atoms with Crippen LogP contribution < -0.4 is 5.56 Å². The molecule has 1 atom stereocenters. The minimum absolute atomic E-state index is 0.00834. The molecule has 0 aliphatic carbocycles. The van der Waals surface area contributed by atoms with Gasteiger partial charge in [-0.15, -0.1) is 0 Å². The van der Waals surface area contributed by atoms with E-state index in [1.165, 1.54) is 27.9 Å². The number of amides is 1. The Morgan fingerprint density at radius 3 is 2.78 bits per heavy atom. The zero-order valence-corrected chi connectivity index (χ0v) is 19.4. The maximum atomic E-state index is 13.4. The van der Waals surface area contributed by atoms with Crippen LogP contribution >= 0.6 is 35.7 Å². The van der Waals surface area contributed by atoms with E-state index in [2.05, 4.69) is 0 Å². The molecule has 0 saturated carbocycles. The average molecular weight is 482 g/mol. The van der Waals surface area contributed by atoms with Crippen LogP contribution in [0.1, 0.15) is 18.4 Å². The molecular weight excluding hydrogens is 462 g/mol. The summed E-state index contributed by atoms with van der Waals surface area (Å²) in [5.74, 6) is -0.191. The standard InChI is InChI=1S/C23H19N3O3S3/c27-21-17(13-18-22(28)26(23(30)32-18)14-15-7-6-12-29-15)20(31-16-8-2-1-3-9-16)24-19-10-4-5-11-25(19)21/h1-5,8-11,13,15H,6-7,12,14H2/b18-13-/t15-/m0/s1. The molecule has 2 fully saturated rings. The van der Waals surface area contributed by atoms with Gasteiger partial charge in [-0.3, -0.25) is 18.9 Å². The van der Waals surface area contributed by atoms with Gasteiger partial charge >= 0.3 is 0 Å². The molecule has 5 rings (SSSR count). The quantitative estimate of drug-likeness (QED) is 0.307. The lowest BCUT2D eigenvalue weighted by atomic mass is 10.2. The van der Waals surface area contributed by atoms with Gasteiger partial charge in [-0.2, -0.15) is 0 Å². The third kappa shape index (κ3) is 4.25. The van der Waals surface area contributed by atoms with Crippen LogP contribution in [0.15, 0.2) is 74.3 Å². The summed E-state index contributed by atoms with van der Waals surface area (Å²) in [5.41, 5.74) is 0.706. The number of aromatic nitrogens is 2. The van der Waals surface area contributed by atoms with Gasteiger partial charge < -0.3 is 4.74 Å². The van der Waals surface area contributed by atoms with Crippen LogP contribution in [-0.4, -0.2) is 43.8 Å². The number of thioether (sulfide) groups is 1. The molecule has 0 N–H and O–H groups in total. The molecule has 2 aliphatic rings. The maximum Gasteiger partial charge on any atom is 0.266 e. The topological polar surface area (TPSA) is 63.9 Å². The van der Waals surface area contributed by atoms with Crippen molar-refractivity contribution in [1.29, 1.82) is 0 Å². The highest BCUT2D eigenvalue weighted by molar-refractivity contribution is 8.26. The fourth-order valence-electron chi connectivity index (χ4n) is 3.66. The number of hydrogen-bond donors (Lipinski definition) is 0. The Labute approximate surface area is 198 Å². The molecule has 162 valence electrons. The van der Waals surface area contributed by atoms with E-state index < -0.39 is 0 Å². The number of benzene rings is 1. The molecule has 3 aromatic rings. The predicted molar refractivity (Wildman–Crippen MR) is 131 cm³/mol. The summed E-state index contributed by atoms with van der Waals surface area (Å²) in [6.07, 6.45) is 5.24. The van der Waals surface area contributed by atoms with Crippen molar-refractivity contribution in [3.63, 3.8) is 0 Å². The van der Waals surface area contributed by atoms with Gasteiger partial charge in [0.15, 0.2) is 0 Å². The maximum absolute atomic E-state index is 13.4. The minimum Gasteiger partial charge on any atom is -0.376 e. The number of carbonyl (C=O) groups excluding carboxylic acids is 1. The van der Waals surface area contributed by atoms with Crippen LogP contribution in [0.3, 0.4) is 0 Å². The summed E-state index contributed by atoms with van der Waals surface area (Å²) in [7, 11) is 0. The number of ether oxygens (including phenoxy) is 1. The Hall–Kier alpha value is -2.46. The van der Waals surface area contributed by atoms with Crippen LogP contribution in [-0.2, 0) is 9.53 Å². The lowest BCUT2D eigenvalue weighted by Gasteiger charge is -2.18. The molecule has 1 amide bonds. The van der Waals surface area contributed by atoms with Crippen LogP contribution in [0, 0.1) is 0 Å². The van der Waals surface area contributed by atoms with Gasteiger partial charge in [-0.1, -0.05) is 60.0 Å². The summed E-state index contributed by atoms with van der Waals surface area (Å²) in [6.45, 7) is 1.16. The number of carbonyl (C=O) groups is 1. The highest BCUT2D eigenvalue weighted by atomic mass is 32.2. The van der Waals surface area contributed by atoms with Crippen molar-refractivity contribution in [2.24, 2.45) is 0 Å². The first kappa shape index (κ1) is 21.4. The van der Waals surface area contributed by atoms with Crippen LogP contribution in [0.2, 0.25) is 0 Å². The second-order valence-corrected chi connectivity index (χ2v) is 10.1. The third-order valence-corrected chi connectivity index (χ3v) is 7.64. The fraction of sp³-hybridized carbons (Fsp3) is 0.217. The molecule has 2 aromatic heterocycles. The first-order chi connectivity index (χ1) is 15.6. The van der Waals surface area contributed by atoms with Crippen molar-refractivity contribution >= 4 is 57.7 Å². The molecule has 2 aliphatic heterocycles. The Morgan fingerprint density at radius 1 is 1.19 bits per heavy atom. The van der Waals surface area contributed by atoms with E-state index in [1.807, 2.05) is 36.4 Å². The lowest BCUT2D eigenvalue weighted by Crippen LogP contribution is -2.35. The molecule has 1 aromatic carbocycles. The number of hydrogen-bond acceptors (Lipinski definition) is 7. The van der Waals surface area contributed by atoms with Gasteiger partial charge in [0, 0.05) is 17.7 Å². The number of thiocarbonyl (C=S) groups is 1. The van der Waals surface area contributed by atoms with Crippen molar-refractivity contribution in [3.8, 4) is 0 Å². The van der Waals surface area contributed by atoms with Crippen LogP contribution in [0.25, 0.3) is 11.7 Å². The largest absolute Gasteiger partial charge is 0.376 e. The molecule has 0 radical (unpaired) electrons. The summed E-state index contributed by atoms with van der Waals surface area (Å²) < 4.78 is 7.65. The fourth-order valence-corrected chi connectivity index (χ4v) is 5.83. The molecule has 6 nitrogen and oxygen atoms in total. The van der Waals surface area contributed by atoms with E-state index in [0.717, 1.165) is 24.3 Å². The zero-order valence-electron chi connectivity index (χ0n) is 17.0. The third-order valence-electron chi connectivity index (χ3n) is 5.25. The van der Waals surface area contributed by atoms with E-state index in [4.69, 9.17) is 21.9 Å². The van der Waals surface area contributed by atoms with E-state index in [9.17, 15) is 9.59 Å². The van der Waals surface area contributed by atoms with Crippen molar-refractivity contribution in [2.75, 3.05) is 13.2 Å². The van der Waals surface area contributed by atoms with Gasteiger partial charge in [0.1, 0.15) is 15.0 Å². The number of pyridine rings is 1. The van der Waals surface area contributed by atoms with Crippen molar-refractivity contribution in [2.45, 2.75) is 28.9 Å². The normalized spacial score (nSPS) is 20.1. The van der Waals surface area contributed by atoms with E-state index in [0.29, 0.717) is 32.0 Å². The first-order valence-corrected chi connectivity index (χ1v) is 12.3. The lowest BCUT2D eigenvalue weighted by molar-refractivity contribution is -0.123. The molecule has 0 bridgehead atoms. The number of rotatable bonds is 5. The van der Waals surface area contributed by atoms with E-state index >= 15 is 0 Å². The molecule has 32 heavy (non-hydrogen) atoms. The number of fused-ring (bicyclic) bond motifs is 1. The van der Waals surface area contributed by atoms with Gasteiger partial charge in [-0.25, -0.2) is 4.98 Å². The van der Waals surface area contributed by atoms with Crippen LogP contribution in [0.4, 0.5) is 0 Å². The monoisotopic (exact) mass is 481 g/mol. The Balaban J connectivity index is 1.55. The van der Waals surface area contributed by atoms with Gasteiger partial charge in [0.2, 0.25) is 0 Å². The molecule has 4 heterocycles. The molecule has 0 spiro atoms. The van der Waals surface area contributed by atoms with Crippen LogP contribution in [0.5, 0.6) is 0 Å².